The van der Waals surface area contributed by atoms with Crippen molar-refractivity contribution in [2.24, 2.45) is 0 Å². The summed E-state index contributed by atoms with van der Waals surface area (Å²) in [5.41, 5.74) is 1.54. The fourth-order valence-corrected chi connectivity index (χ4v) is 3.98. The summed E-state index contributed by atoms with van der Waals surface area (Å²) in [6, 6.07) is 15.3. The zero-order valence-corrected chi connectivity index (χ0v) is 17.9. The van der Waals surface area contributed by atoms with Crippen LogP contribution in [-0.2, 0) is 22.9 Å². The highest BCUT2D eigenvalue weighted by atomic mass is 32.2. The van der Waals surface area contributed by atoms with Gasteiger partial charge in [-0.15, -0.1) is 0 Å². The molecule has 164 valence electrons. The Labute approximate surface area is 184 Å². The quantitative estimate of drug-likeness (QED) is 0.443. The Kier molecular flexibility index (Phi) is 5.78. The van der Waals surface area contributed by atoms with Crippen LogP contribution in [0.5, 0.6) is 0 Å². The standard InChI is InChI=1S/C22H20N4O5S/c1-32(29,30)22-25-19(18-9-2-3-10-26(18)22)21(28)23-13-15-6-4-7-16(12-15)20(27)24-14-17-8-5-11-31-17/h2-12H,13-14H2,1H3,(H,23,28)(H,24,27). The molecule has 9 nitrogen and oxygen atoms in total. The summed E-state index contributed by atoms with van der Waals surface area (Å²) in [5, 5.41) is 5.30. The van der Waals surface area contributed by atoms with E-state index in [1.807, 2.05) is 0 Å². The first-order chi connectivity index (χ1) is 15.3. The number of fused-ring (bicyclic) bond motifs is 1. The van der Waals surface area contributed by atoms with Gasteiger partial charge in [-0.25, -0.2) is 13.4 Å². The summed E-state index contributed by atoms with van der Waals surface area (Å²) in [5.74, 6) is -0.147. The van der Waals surface area contributed by atoms with Gasteiger partial charge in [-0.3, -0.25) is 14.0 Å². The van der Waals surface area contributed by atoms with Crippen LogP contribution in [-0.4, -0.2) is 35.9 Å². The molecular weight excluding hydrogens is 432 g/mol. The molecule has 0 bridgehead atoms. The van der Waals surface area contributed by atoms with Gasteiger partial charge in [-0.05, 0) is 42.0 Å². The Bertz CT molecular complexity index is 1390. The SMILES string of the molecule is CS(=O)(=O)c1nc(C(=O)NCc2cccc(C(=O)NCc3ccco3)c2)c2ccccn12. The van der Waals surface area contributed by atoms with Crippen molar-refractivity contribution in [1.82, 2.24) is 20.0 Å². The Hall–Kier alpha value is -3.92. The van der Waals surface area contributed by atoms with Crippen molar-refractivity contribution < 1.29 is 22.4 Å². The molecule has 3 aromatic heterocycles. The van der Waals surface area contributed by atoms with Gasteiger partial charge in [0.15, 0.2) is 5.69 Å². The van der Waals surface area contributed by atoms with E-state index in [9.17, 15) is 18.0 Å². The van der Waals surface area contributed by atoms with E-state index in [2.05, 4.69) is 15.6 Å². The Morgan fingerprint density at radius 3 is 2.56 bits per heavy atom. The summed E-state index contributed by atoms with van der Waals surface area (Å²) in [6.45, 7) is 0.404. The molecule has 3 heterocycles. The van der Waals surface area contributed by atoms with E-state index in [-0.39, 0.29) is 29.8 Å². The van der Waals surface area contributed by atoms with E-state index >= 15 is 0 Å². The van der Waals surface area contributed by atoms with Crippen LogP contribution < -0.4 is 10.6 Å². The van der Waals surface area contributed by atoms with E-state index in [1.165, 1.54) is 10.7 Å². The van der Waals surface area contributed by atoms with Gasteiger partial charge in [-0.1, -0.05) is 18.2 Å². The summed E-state index contributed by atoms with van der Waals surface area (Å²) < 4.78 is 30.6. The van der Waals surface area contributed by atoms with E-state index in [4.69, 9.17) is 4.42 Å². The lowest BCUT2D eigenvalue weighted by Crippen LogP contribution is -2.25. The molecule has 0 spiro atoms. The second-order valence-corrected chi connectivity index (χ2v) is 9.03. The normalized spacial score (nSPS) is 11.4. The van der Waals surface area contributed by atoms with Gasteiger partial charge in [0, 0.05) is 24.6 Å². The van der Waals surface area contributed by atoms with Crippen molar-refractivity contribution in [1.29, 1.82) is 0 Å². The minimum Gasteiger partial charge on any atom is -0.467 e. The summed E-state index contributed by atoms with van der Waals surface area (Å²) in [4.78, 5) is 29.2. The van der Waals surface area contributed by atoms with Crippen molar-refractivity contribution >= 4 is 27.2 Å². The Morgan fingerprint density at radius 1 is 1.00 bits per heavy atom. The number of benzene rings is 1. The molecule has 0 radical (unpaired) electrons. The number of sulfone groups is 1. The summed E-state index contributed by atoms with van der Waals surface area (Å²) in [6.07, 6.45) is 4.12. The van der Waals surface area contributed by atoms with Crippen molar-refractivity contribution in [2.45, 2.75) is 18.2 Å². The first-order valence-corrected chi connectivity index (χ1v) is 11.6. The van der Waals surface area contributed by atoms with E-state index in [0.717, 1.165) is 6.26 Å². The van der Waals surface area contributed by atoms with E-state index in [0.29, 0.717) is 22.4 Å². The Balaban J connectivity index is 1.47. The van der Waals surface area contributed by atoms with Gasteiger partial charge >= 0.3 is 0 Å². The van der Waals surface area contributed by atoms with Crippen LogP contribution in [0.4, 0.5) is 0 Å². The number of hydrogen-bond donors (Lipinski definition) is 2. The van der Waals surface area contributed by atoms with Crippen LogP contribution in [0.25, 0.3) is 5.52 Å². The molecule has 0 saturated heterocycles. The first kappa shape index (κ1) is 21.3. The average molecular weight is 452 g/mol. The molecule has 1 aromatic carbocycles. The zero-order chi connectivity index (χ0) is 22.7. The number of imidazole rings is 1. The van der Waals surface area contributed by atoms with E-state index in [1.54, 1.807) is 60.8 Å². The lowest BCUT2D eigenvalue weighted by Gasteiger charge is -2.07. The molecule has 0 fully saturated rings. The summed E-state index contributed by atoms with van der Waals surface area (Å²) in [7, 11) is -3.63. The Morgan fingerprint density at radius 2 is 1.81 bits per heavy atom. The van der Waals surface area contributed by atoms with Gasteiger partial charge in [0.05, 0.1) is 18.3 Å². The lowest BCUT2D eigenvalue weighted by atomic mass is 10.1. The molecule has 0 aliphatic heterocycles. The maximum Gasteiger partial charge on any atom is 0.272 e. The molecule has 0 aliphatic rings. The van der Waals surface area contributed by atoms with Gasteiger partial charge in [-0.2, -0.15) is 0 Å². The smallest absolute Gasteiger partial charge is 0.272 e. The lowest BCUT2D eigenvalue weighted by molar-refractivity contribution is 0.0942. The van der Waals surface area contributed by atoms with Gasteiger partial charge < -0.3 is 15.1 Å². The van der Waals surface area contributed by atoms with Gasteiger partial charge in [0.2, 0.25) is 15.0 Å². The molecule has 0 aliphatic carbocycles. The molecule has 0 unspecified atom stereocenters. The maximum absolute atomic E-state index is 12.8. The summed E-state index contributed by atoms with van der Waals surface area (Å²) >= 11 is 0. The second-order valence-electron chi connectivity index (χ2n) is 7.12. The first-order valence-electron chi connectivity index (χ1n) is 9.68. The van der Waals surface area contributed by atoms with E-state index < -0.39 is 15.7 Å². The molecule has 10 heteroatoms. The third-order valence-corrected chi connectivity index (χ3v) is 5.66. The van der Waals surface area contributed by atoms with Crippen LogP contribution in [0.3, 0.4) is 0 Å². The van der Waals surface area contributed by atoms with Gasteiger partial charge in [0.1, 0.15) is 5.76 Å². The topological polar surface area (TPSA) is 123 Å². The number of amides is 2. The predicted molar refractivity (Wildman–Crippen MR) is 116 cm³/mol. The zero-order valence-electron chi connectivity index (χ0n) is 17.1. The van der Waals surface area contributed by atoms with Crippen molar-refractivity contribution in [3.63, 3.8) is 0 Å². The van der Waals surface area contributed by atoms with Crippen molar-refractivity contribution in [3.05, 3.63) is 89.6 Å². The predicted octanol–water partition coefficient (Wildman–Crippen LogP) is 2.19. The molecule has 32 heavy (non-hydrogen) atoms. The van der Waals surface area contributed by atoms with Gasteiger partial charge in [0.25, 0.3) is 11.8 Å². The second kappa shape index (κ2) is 8.67. The average Bonchev–Trinajstić information content (AvgIpc) is 3.43. The number of carbonyl (C=O) groups is 2. The number of hydrogen-bond acceptors (Lipinski definition) is 6. The van der Waals surface area contributed by atoms with Crippen LogP contribution in [0.1, 0.15) is 32.2 Å². The number of rotatable bonds is 7. The highest BCUT2D eigenvalue weighted by Crippen LogP contribution is 2.17. The number of furan rings is 1. The number of nitrogens with one attached hydrogen (secondary N) is 2. The number of aromatic nitrogens is 2. The van der Waals surface area contributed by atoms with Crippen LogP contribution in [0.15, 0.2) is 76.6 Å². The molecule has 2 amide bonds. The third-order valence-electron chi connectivity index (χ3n) is 4.71. The molecular formula is C22H20N4O5S. The minimum atomic E-state index is -3.63. The van der Waals surface area contributed by atoms with Crippen molar-refractivity contribution in [2.75, 3.05) is 6.26 Å². The van der Waals surface area contributed by atoms with Crippen LogP contribution >= 0.6 is 0 Å². The molecule has 2 N–H and O–H groups in total. The fourth-order valence-electron chi connectivity index (χ4n) is 3.21. The molecule has 0 atom stereocenters. The van der Waals surface area contributed by atoms with Crippen LogP contribution in [0.2, 0.25) is 0 Å². The highest BCUT2D eigenvalue weighted by molar-refractivity contribution is 7.90. The monoisotopic (exact) mass is 452 g/mol. The van der Waals surface area contributed by atoms with Crippen molar-refractivity contribution in [3.8, 4) is 0 Å². The largest absolute Gasteiger partial charge is 0.467 e. The minimum absolute atomic E-state index is 0.0124. The molecule has 0 saturated carbocycles. The number of nitrogens with zero attached hydrogens (tertiary/aromatic N) is 2. The molecule has 4 aromatic rings. The molecule has 4 rings (SSSR count). The van der Waals surface area contributed by atoms with Crippen LogP contribution in [0, 0.1) is 0 Å². The highest BCUT2D eigenvalue weighted by Gasteiger charge is 2.22. The maximum atomic E-state index is 12.8. The number of pyridine rings is 1. The third kappa shape index (κ3) is 4.54. The number of carbonyl (C=O) groups excluding carboxylic acids is 2. The fraction of sp³-hybridized carbons (Fsp3) is 0.136.